The monoisotopic (exact) mass is 344 g/mol. The summed E-state index contributed by atoms with van der Waals surface area (Å²) in [5.74, 6) is 0.795. The highest BCUT2D eigenvalue weighted by molar-refractivity contribution is 6.29. The number of rotatable bonds is 3. The smallest absolute Gasteiger partial charge is 0.207 e. The summed E-state index contributed by atoms with van der Waals surface area (Å²) in [5.41, 5.74) is 3.07. The lowest BCUT2D eigenvalue weighted by Gasteiger charge is -2.24. The Labute approximate surface area is 144 Å². The molecule has 4 rings (SSSR count). The maximum atomic E-state index is 6.39. The molecule has 0 spiro atoms. The molecule has 1 aliphatic rings. The highest BCUT2D eigenvalue weighted by Gasteiger charge is 2.24. The zero-order valence-electron chi connectivity index (χ0n) is 13.3. The van der Waals surface area contributed by atoms with E-state index in [2.05, 4.69) is 15.0 Å². The van der Waals surface area contributed by atoms with E-state index in [9.17, 15) is 0 Å². The van der Waals surface area contributed by atoms with Crippen molar-refractivity contribution in [3.8, 4) is 17.0 Å². The second-order valence-electron chi connectivity index (χ2n) is 5.70. The Kier molecular flexibility index (Phi) is 4.08. The third-order valence-electron chi connectivity index (χ3n) is 4.24. The van der Waals surface area contributed by atoms with Crippen LogP contribution in [0.5, 0.6) is 5.75 Å². The van der Waals surface area contributed by atoms with Gasteiger partial charge in [-0.05, 0) is 55.1 Å². The molecule has 1 atom stereocenters. The molecular weight excluding hydrogens is 328 g/mol. The van der Waals surface area contributed by atoms with Gasteiger partial charge in [0.2, 0.25) is 5.28 Å². The minimum absolute atomic E-state index is 0.116. The molecule has 7 heteroatoms. The van der Waals surface area contributed by atoms with E-state index >= 15 is 0 Å². The number of aromatic nitrogens is 4. The number of hydrogen-bond acceptors (Lipinski definition) is 5. The van der Waals surface area contributed by atoms with Crippen LogP contribution in [0.15, 0.2) is 30.6 Å². The number of fused-ring (bicyclic) bond motifs is 1. The Morgan fingerprint density at radius 1 is 1.21 bits per heavy atom. The lowest BCUT2D eigenvalue weighted by atomic mass is 10.1. The fourth-order valence-corrected chi connectivity index (χ4v) is 3.30. The first-order valence-corrected chi connectivity index (χ1v) is 8.30. The molecular formula is C17H17ClN4O2. The molecule has 0 radical (unpaired) electrons. The average Bonchev–Trinajstić information content (AvgIpc) is 2.98. The van der Waals surface area contributed by atoms with E-state index in [1.807, 2.05) is 28.8 Å². The second-order valence-corrected chi connectivity index (χ2v) is 6.03. The molecule has 0 N–H and O–H groups in total. The van der Waals surface area contributed by atoms with Crippen LogP contribution in [0.4, 0.5) is 0 Å². The van der Waals surface area contributed by atoms with Crippen molar-refractivity contribution in [2.45, 2.75) is 25.5 Å². The second kappa shape index (κ2) is 6.37. The first-order chi connectivity index (χ1) is 11.8. The van der Waals surface area contributed by atoms with Crippen LogP contribution in [0.3, 0.4) is 0 Å². The summed E-state index contributed by atoms with van der Waals surface area (Å²) in [7, 11) is 1.64. The topological polar surface area (TPSA) is 62.1 Å². The summed E-state index contributed by atoms with van der Waals surface area (Å²) in [5, 5.41) is 0.382. The molecule has 0 saturated carbocycles. The summed E-state index contributed by atoms with van der Waals surface area (Å²) >= 11 is 6.39. The van der Waals surface area contributed by atoms with E-state index in [4.69, 9.17) is 21.1 Å². The first-order valence-electron chi connectivity index (χ1n) is 7.92. The predicted molar refractivity (Wildman–Crippen MR) is 91.2 cm³/mol. The van der Waals surface area contributed by atoms with Gasteiger partial charge in [0.25, 0.3) is 0 Å². The molecule has 124 valence electrons. The summed E-state index contributed by atoms with van der Waals surface area (Å²) < 4.78 is 12.9. The first kappa shape index (κ1) is 15.4. The Morgan fingerprint density at radius 3 is 2.75 bits per heavy atom. The average molecular weight is 345 g/mol. The Bertz CT molecular complexity index is 857. The molecule has 3 aromatic rings. The van der Waals surface area contributed by atoms with E-state index in [1.54, 1.807) is 13.4 Å². The number of halogens is 1. The molecule has 1 aromatic carbocycles. The van der Waals surface area contributed by atoms with Crippen LogP contribution in [0, 0.1) is 0 Å². The van der Waals surface area contributed by atoms with E-state index in [-0.39, 0.29) is 6.23 Å². The van der Waals surface area contributed by atoms with Gasteiger partial charge in [0, 0.05) is 12.2 Å². The summed E-state index contributed by atoms with van der Waals surface area (Å²) in [4.78, 5) is 13.3. The number of methoxy groups -OCH3 is 1. The summed E-state index contributed by atoms with van der Waals surface area (Å²) in [6, 6.07) is 7.69. The van der Waals surface area contributed by atoms with E-state index in [1.165, 1.54) is 0 Å². The van der Waals surface area contributed by atoms with Crippen molar-refractivity contribution >= 4 is 22.8 Å². The van der Waals surface area contributed by atoms with Gasteiger partial charge in [0.15, 0.2) is 5.65 Å². The van der Waals surface area contributed by atoms with Gasteiger partial charge in [0.05, 0.1) is 7.11 Å². The van der Waals surface area contributed by atoms with Crippen LogP contribution < -0.4 is 4.74 Å². The SMILES string of the molecule is COc1ccc(-c2ncnc3c2nc(Cl)n3C2CCCCO2)cc1. The molecule has 3 heterocycles. The highest BCUT2D eigenvalue weighted by atomic mass is 35.5. The number of benzene rings is 1. The Morgan fingerprint density at radius 2 is 2.04 bits per heavy atom. The largest absolute Gasteiger partial charge is 0.497 e. The maximum absolute atomic E-state index is 6.39. The number of nitrogens with zero attached hydrogens (tertiary/aromatic N) is 4. The van der Waals surface area contributed by atoms with Crippen LogP contribution in [-0.4, -0.2) is 33.2 Å². The van der Waals surface area contributed by atoms with Crippen molar-refractivity contribution in [3.63, 3.8) is 0 Å². The fraction of sp³-hybridized carbons (Fsp3) is 0.353. The van der Waals surface area contributed by atoms with E-state index in [0.29, 0.717) is 16.4 Å². The molecule has 1 fully saturated rings. The maximum Gasteiger partial charge on any atom is 0.207 e. The predicted octanol–water partition coefficient (Wildman–Crippen LogP) is 3.85. The van der Waals surface area contributed by atoms with Crippen molar-refractivity contribution in [1.82, 2.24) is 19.5 Å². The van der Waals surface area contributed by atoms with Crippen molar-refractivity contribution in [2.24, 2.45) is 0 Å². The molecule has 1 aliphatic heterocycles. The normalized spacial score (nSPS) is 18.0. The summed E-state index contributed by atoms with van der Waals surface area (Å²) in [6.45, 7) is 0.733. The standard InChI is InChI=1S/C17H17ClN4O2/c1-23-12-7-5-11(6-8-12)14-15-16(20-10-19-14)22(17(18)21-15)13-4-2-3-9-24-13/h5-8,10,13H,2-4,9H2,1H3. The minimum Gasteiger partial charge on any atom is -0.497 e. The molecule has 6 nitrogen and oxygen atoms in total. The zero-order valence-corrected chi connectivity index (χ0v) is 14.0. The van der Waals surface area contributed by atoms with Crippen molar-refractivity contribution in [1.29, 1.82) is 0 Å². The molecule has 0 aliphatic carbocycles. The van der Waals surface area contributed by atoms with Crippen LogP contribution in [-0.2, 0) is 4.74 Å². The van der Waals surface area contributed by atoms with Crippen LogP contribution >= 0.6 is 11.6 Å². The fourth-order valence-electron chi connectivity index (χ4n) is 3.02. The van der Waals surface area contributed by atoms with Crippen molar-refractivity contribution in [3.05, 3.63) is 35.9 Å². The number of ether oxygens (including phenoxy) is 2. The molecule has 0 amide bonds. The number of hydrogen-bond donors (Lipinski definition) is 0. The van der Waals surface area contributed by atoms with Crippen molar-refractivity contribution in [2.75, 3.05) is 13.7 Å². The molecule has 2 aromatic heterocycles. The van der Waals surface area contributed by atoms with Gasteiger partial charge in [0.1, 0.15) is 29.5 Å². The highest BCUT2D eigenvalue weighted by Crippen LogP contribution is 2.33. The molecule has 0 bridgehead atoms. The quantitative estimate of drug-likeness (QED) is 0.675. The van der Waals surface area contributed by atoms with Gasteiger partial charge in [-0.3, -0.25) is 4.57 Å². The van der Waals surface area contributed by atoms with Crippen molar-refractivity contribution < 1.29 is 9.47 Å². The van der Waals surface area contributed by atoms with Gasteiger partial charge in [-0.25, -0.2) is 15.0 Å². The Hall–Kier alpha value is -2.18. The van der Waals surface area contributed by atoms with Crippen LogP contribution in [0.2, 0.25) is 5.28 Å². The lowest BCUT2D eigenvalue weighted by Crippen LogP contribution is -2.18. The van der Waals surface area contributed by atoms with E-state index in [0.717, 1.165) is 42.9 Å². The van der Waals surface area contributed by atoms with Gasteiger partial charge >= 0.3 is 0 Å². The van der Waals surface area contributed by atoms with E-state index < -0.39 is 0 Å². The van der Waals surface area contributed by atoms with Gasteiger partial charge in [-0.1, -0.05) is 0 Å². The van der Waals surface area contributed by atoms with Crippen LogP contribution in [0.1, 0.15) is 25.5 Å². The van der Waals surface area contributed by atoms with Gasteiger partial charge in [-0.15, -0.1) is 0 Å². The molecule has 24 heavy (non-hydrogen) atoms. The number of imidazole rings is 1. The molecule has 1 unspecified atom stereocenters. The molecule has 1 saturated heterocycles. The van der Waals surface area contributed by atoms with Gasteiger partial charge < -0.3 is 9.47 Å². The Balaban J connectivity index is 1.82. The van der Waals surface area contributed by atoms with Crippen LogP contribution in [0.25, 0.3) is 22.4 Å². The lowest BCUT2D eigenvalue weighted by molar-refractivity contribution is -0.0296. The third-order valence-corrected chi connectivity index (χ3v) is 4.51. The van der Waals surface area contributed by atoms with Gasteiger partial charge in [-0.2, -0.15) is 0 Å². The zero-order chi connectivity index (χ0) is 16.5. The summed E-state index contributed by atoms with van der Waals surface area (Å²) in [6.07, 6.45) is 4.52. The minimum atomic E-state index is -0.116. The third kappa shape index (κ3) is 2.61.